The third kappa shape index (κ3) is 5.15. The van der Waals surface area contributed by atoms with Gasteiger partial charge in [0.1, 0.15) is 11.6 Å². The van der Waals surface area contributed by atoms with Gasteiger partial charge in [-0.2, -0.15) is 5.10 Å². The number of guanidine groups is 1. The van der Waals surface area contributed by atoms with E-state index in [4.69, 9.17) is 0 Å². The number of aromatic nitrogens is 3. The van der Waals surface area contributed by atoms with E-state index in [1.165, 1.54) is 6.07 Å². The van der Waals surface area contributed by atoms with Crippen LogP contribution in [0, 0.1) is 5.82 Å². The van der Waals surface area contributed by atoms with E-state index in [-0.39, 0.29) is 35.8 Å². The van der Waals surface area contributed by atoms with Gasteiger partial charge in [0.05, 0.1) is 11.0 Å². The summed E-state index contributed by atoms with van der Waals surface area (Å²) in [5.74, 6) is 2.39. The van der Waals surface area contributed by atoms with Gasteiger partial charge in [-0.3, -0.25) is 4.99 Å². The van der Waals surface area contributed by atoms with Crippen molar-refractivity contribution in [2.75, 3.05) is 7.05 Å². The molecule has 1 atom stereocenters. The topological polar surface area (TPSA) is 67.1 Å². The number of nitrogens with zero attached hydrogens (tertiary/aromatic N) is 4. The van der Waals surface area contributed by atoms with E-state index in [1.807, 2.05) is 10.7 Å². The van der Waals surface area contributed by atoms with Crippen LogP contribution in [0.15, 0.2) is 27.7 Å². The Morgan fingerprint density at radius 2 is 2.27 bits per heavy atom. The van der Waals surface area contributed by atoms with Crippen molar-refractivity contribution in [2.45, 2.75) is 45.3 Å². The molecule has 0 saturated carbocycles. The Balaban J connectivity index is 0.00000243. The quantitative estimate of drug-likeness (QED) is 0.358. The first-order valence-corrected chi connectivity index (χ1v) is 9.22. The number of hydrogen-bond donors (Lipinski definition) is 2. The Hall–Kier alpha value is -1.23. The van der Waals surface area contributed by atoms with Crippen LogP contribution in [0.2, 0.25) is 0 Å². The van der Waals surface area contributed by atoms with Gasteiger partial charge in [0.15, 0.2) is 11.8 Å². The van der Waals surface area contributed by atoms with Gasteiger partial charge in [-0.15, -0.1) is 24.0 Å². The van der Waals surface area contributed by atoms with E-state index in [0.29, 0.717) is 17.0 Å². The minimum atomic E-state index is -0.264. The van der Waals surface area contributed by atoms with E-state index < -0.39 is 0 Å². The van der Waals surface area contributed by atoms with Crippen LogP contribution in [-0.2, 0) is 25.9 Å². The lowest BCUT2D eigenvalue weighted by Crippen LogP contribution is -2.46. The number of halogens is 3. The first-order chi connectivity index (χ1) is 12.1. The first-order valence-electron chi connectivity index (χ1n) is 8.42. The van der Waals surface area contributed by atoms with Crippen molar-refractivity contribution in [2.24, 2.45) is 4.99 Å². The molecule has 1 aromatic heterocycles. The lowest BCUT2D eigenvalue weighted by Gasteiger charge is -2.25. The van der Waals surface area contributed by atoms with Crippen molar-refractivity contribution in [1.82, 2.24) is 25.4 Å². The number of rotatable bonds is 4. The van der Waals surface area contributed by atoms with Crippen LogP contribution in [-0.4, -0.2) is 33.8 Å². The van der Waals surface area contributed by atoms with Crippen LogP contribution in [0.25, 0.3) is 0 Å². The monoisotopic (exact) mass is 536 g/mol. The summed E-state index contributed by atoms with van der Waals surface area (Å²) >= 11 is 3.16. The summed E-state index contributed by atoms with van der Waals surface area (Å²) in [6.07, 6.45) is 2.74. The van der Waals surface area contributed by atoms with Crippen LogP contribution in [0.4, 0.5) is 4.39 Å². The second-order valence-electron chi connectivity index (χ2n) is 6.03. The average molecular weight is 537 g/mol. The number of benzene rings is 1. The third-order valence-corrected chi connectivity index (χ3v) is 4.87. The number of hydrogen-bond acceptors (Lipinski definition) is 3. The van der Waals surface area contributed by atoms with Gasteiger partial charge in [0.25, 0.3) is 0 Å². The lowest BCUT2D eigenvalue weighted by molar-refractivity contribution is 0.392. The van der Waals surface area contributed by atoms with Gasteiger partial charge in [0, 0.05) is 32.5 Å². The maximum Gasteiger partial charge on any atom is 0.191 e. The molecular weight excluding hydrogens is 514 g/mol. The zero-order valence-corrected chi connectivity index (χ0v) is 18.7. The van der Waals surface area contributed by atoms with Gasteiger partial charge in [-0.25, -0.2) is 14.1 Å². The highest BCUT2D eigenvalue weighted by Crippen LogP contribution is 2.16. The molecule has 1 aliphatic rings. The molecule has 0 saturated heterocycles. The molecule has 1 aliphatic heterocycles. The standard InChI is InChI=1S/C17H22BrFN6.HI/c1-3-15-23-16-7-5-12(10-25(16)24-15)22-17(20-2)21-9-11-4-6-13(18)14(19)8-11;/h4,6,8,12H,3,5,7,9-10H2,1-2H3,(H2,20,21,22);1H. The van der Waals surface area contributed by atoms with Gasteiger partial charge in [-0.05, 0) is 40.0 Å². The first kappa shape index (κ1) is 21.1. The van der Waals surface area contributed by atoms with Crippen molar-refractivity contribution in [3.05, 3.63) is 45.7 Å². The molecule has 3 rings (SSSR count). The molecule has 0 radical (unpaired) electrons. The minimum Gasteiger partial charge on any atom is -0.352 e. The van der Waals surface area contributed by atoms with Crippen molar-refractivity contribution in [3.8, 4) is 0 Å². The van der Waals surface area contributed by atoms with E-state index in [2.05, 4.69) is 48.6 Å². The highest BCUT2D eigenvalue weighted by atomic mass is 127. The second kappa shape index (κ2) is 9.63. The normalized spacial score (nSPS) is 16.6. The predicted octanol–water partition coefficient (Wildman–Crippen LogP) is 3.04. The minimum absolute atomic E-state index is 0. The van der Waals surface area contributed by atoms with Crippen molar-refractivity contribution < 1.29 is 4.39 Å². The molecule has 26 heavy (non-hydrogen) atoms. The molecule has 1 unspecified atom stereocenters. The lowest BCUT2D eigenvalue weighted by atomic mass is 10.1. The largest absolute Gasteiger partial charge is 0.352 e. The molecule has 2 N–H and O–H groups in total. The molecule has 2 heterocycles. The molecule has 6 nitrogen and oxygen atoms in total. The van der Waals surface area contributed by atoms with Gasteiger partial charge in [-0.1, -0.05) is 13.0 Å². The van der Waals surface area contributed by atoms with Crippen molar-refractivity contribution >= 4 is 45.9 Å². The second-order valence-corrected chi connectivity index (χ2v) is 6.89. The molecule has 0 fully saturated rings. The predicted molar refractivity (Wildman–Crippen MR) is 114 cm³/mol. The number of aliphatic imine (C=N–C) groups is 1. The van der Waals surface area contributed by atoms with E-state index in [0.717, 1.165) is 43.0 Å². The van der Waals surface area contributed by atoms with Crippen LogP contribution in [0.3, 0.4) is 0 Å². The van der Waals surface area contributed by atoms with Crippen LogP contribution < -0.4 is 10.6 Å². The number of aryl methyl sites for hydroxylation is 2. The fourth-order valence-electron chi connectivity index (χ4n) is 2.85. The maximum atomic E-state index is 13.6. The highest BCUT2D eigenvalue weighted by Gasteiger charge is 2.22. The summed E-state index contributed by atoms with van der Waals surface area (Å²) in [5.41, 5.74) is 0.860. The zero-order chi connectivity index (χ0) is 17.8. The summed E-state index contributed by atoms with van der Waals surface area (Å²) in [6.45, 7) is 3.34. The van der Waals surface area contributed by atoms with Crippen molar-refractivity contribution in [1.29, 1.82) is 0 Å². The maximum absolute atomic E-state index is 13.6. The highest BCUT2D eigenvalue weighted by molar-refractivity contribution is 14.0. The molecule has 0 spiro atoms. The number of fused-ring (bicyclic) bond motifs is 1. The van der Waals surface area contributed by atoms with Crippen LogP contribution in [0.5, 0.6) is 0 Å². The van der Waals surface area contributed by atoms with E-state index >= 15 is 0 Å². The Morgan fingerprint density at radius 3 is 2.96 bits per heavy atom. The Bertz CT molecular complexity index is 779. The third-order valence-electron chi connectivity index (χ3n) is 4.23. The summed E-state index contributed by atoms with van der Waals surface area (Å²) in [4.78, 5) is 8.79. The number of nitrogens with one attached hydrogen (secondary N) is 2. The fraction of sp³-hybridized carbons (Fsp3) is 0.471. The Labute approximate surface area is 178 Å². The summed E-state index contributed by atoms with van der Waals surface area (Å²) in [6, 6.07) is 5.34. The Kier molecular flexibility index (Phi) is 7.81. The fourth-order valence-corrected chi connectivity index (χ4v) is 3.10. The molecule has 0 bridgehead atoms. The molecule has 2 aromatic rings. The van der Waals surface area contributed by atoms with Gasteiger partial charge >= 0.3 is 0 Å². The zero-order valence-electron chi connectivity index (χ0n) is 14.8. The summed E-state index contributed by atoms with van der Waals surface area (Å²) < 4.78 is 16.0. The molecule has 0 amide bonds. The molecular formula is C17H23BrFIN6. The SMILES string of the molecule is CCc1nc2n(n1)CC(NC(=NC)NCc1ccc(Br)c(F)c1)CC2.I. The summed E-state index contributed by atoms with van der Waals surface area (Å²) in [7, 11) is 1.73. The molecule has 1 aromatic carbocycles. The van der Waals surface area contributed by atoms with Crippen LogP contribution in [0.1, 0.15) is 30.6 Å². The molecule has 142 valence electrons. The van der Waals surface area contributed by atoms with Crippen LogP contribution >= 0.6 is 39.9 Å². The van der Waals surface area contributed by atoms with Gasteiger partial charge < -0.3 is 10.6 Å². The van der Waals surface area contributed by atoms with Crippen molar-refractivity contribution in [3.63, 3.8) is 0 Å². The van der Waals surface area contributed by atoms with E-state index in [1.54, 1.807) is 13.1 Å². The molecule has 0 aliphatic carbocycles. The summed E-state index contributed by atoms with van der Waals surface area (Å²) in [5, 5.41) is 11.2. The average Bonchev–Trinajstić information content (AvgIpc) is 3.03. The molecule has 9 heteroatoms. The van der Waals surface area contributed by atoms with E-state index in [9.17, 15) is 4.39 Å². The van der Waals surface area contributed by atoms with Gasteiger partial charge in [0.2, 0.25) is 0 Å². The Morgan fingerprint density at radius 1 is 1.46 bits per heavy atom. The smallest absolute Gasteiger partial charge is 0.191 e.